The minimum Gasteiger partial charge on any atom is -0.468 e. The zero-order valence-corrected chi connectivity index (χ0v) is 19.4. The van der Waals surface area contributed by atoms with E-state index in [1.807, 2.05) is 23.1 Å². The van der Waals surface area contributed by atoms with Crippen LogP contribution in [0.4, 0.5) is 24.5 Å². The molecule has 2 saturated heterocycles. The van der Waals surface area contributed by atoms with Crippen molar-refractivity contribution in [3.8, 4) is 5.88 Å². The molecule has 2 unspecified atom stereocenters. The topological polar surface area (TPSA) is 98.8 Å². The third-order valence-electron chi connectivity index (χ3n) is 7.81. The Balaban J connectivity index is 1.07. The summed E-state index contributed by atoms with van der Waals surface area (Å²) in [4.78, 5) is 33.9. The van der Waals surface area contributed by atoms with Crippen molar-refractivity contribution < 1.29 is 27.5 Å². The first-order valence-corrected chi connectivity index (χ1v) is 11.8. The number of aryl methyl sites for hydroxylation is 1. The Kier molecular flexibility index (Phi) is 5.25. The highest BCUT2D eigenvalue weighted by Crippen LogP contribution is 2.54. The molecule has 0 spiro atoms. The van der Waals surface area contributed by atoms with Crippen LogP contribution < -0.4 is 21.1 Å². The van der Waals surface area contributed by atoms with Gasteiger partial charge in [0.25, 0.3) is 11.8 Å². The molecule has 4 aliphatic rings. The maximum Gasteiger partial charge on any atom is 0.422 e. The summed E-state index contributed by atoms with van der Waals surface area (Å²) in [6, 6.07) is 7.05. The minimum absolute atomic E-state index is 0.0151. The number of amides is 2. The molecule has 3 fully saturated rings. The van der Waals surface area contributed by atoms with Crippen LogP contribution in [0.2, 0.25) is 0 Å². The number of hydrogen-bond acceptors (Lipinski definition) is 7. The summed E-state index contributed by atoms with van der Waals surface area (Å²) in [5, 5.41) is 0. The van der Waals surface area contributed by atoms with E-state index < -0.39 is 12.8 Å². The Hall–Kier alpha value is -3.54. The van der Waals surface area contributed by atoms with Crippen LogP contribution >= 0.6 is 0 Å². The number of benzene rings is 1. The monoisotopic (exact) mass is 502 g/mol. The molecule has 0 radical (unpaired) electrons. The molecule has 1 aromatic carbocycles. The van der Waals surface area contributed by atoms with Crippen molar-refractivity contribution >= 4 is 23.2 Å². The normalized spacial score (nSPS) is 25.9. The molecule has 190 valence electrons. The highest BCUT2D eigenvalue weighted by molar-refractivity contribution is 5.97. The fraction of sp³-hybridized carbons (Fsp3) is 0.458. The first kappa shape index (κ1) is 22.9. The van der Waals surface area contributed by atoms with Gasteiger partial charge in [-0.3, -0.25) is 9.59 Å². The van der Waals surface area contributed by atoms with Gasteiger partial charge in [-0.05, 0) is 54.9 Å². The molecule has 9 nitrogen and oxygen atoms in total. The van der Waals surface area contributed by atoms with Crippen LogP contribution in [0.15, 0.2) is 30.5 Å². The fourth-order valence-corrected chi connectivity index (χ4v) is 6.11. The summed E-state index contributed by atoms with van der Waals surface area (Å²) in [6.45, 7) is 2.72. The number of carbonyl (C=O) groups is 2. The van der Waals surface area contributed by atoms with Gasteiger partial charge >= 0.3 is 6.18 Å². The smallest absolute Gasteiger partial charge is 0.422 e. The second kappa shape index (κ2) is 8.26. The summed E-state index contributed by atoms with van der Waals surface area (Å²) in [5.74, 6) is 1.13. The number of anilines is 2. The number of nitrogens with zero attached hydrogens (tertiary/aromatic N) is 3. The first-order valence-electron chi connectivity index (χ1n) is 11.8. The van der Waals surface area contributed by atoms with E-state index in [9.17, 15) is 22.8 Å². The van der Waals surface area contributed by atoms with Crippen molar-refractivity contribution in [3.05, 3.63) is 47.2 Å². The Bertz CT molecular complexity index is 1220. The molecule has 2 amide bonds. The SMILES string of the molecule is Cc1cc(C(=O)N2CC3C(C2)[C@@H]2CN(C(=O)c4ccc5c(c4)NNN5)C[C@H]32)cnc1OCC(F)(F)F. The van der Waals surface area contributed by atoms with Gasteiger partial charge in [-0.15, -0.1) is 5.53 Å². The van der Waals surface area contributed by atoms with Crippen molar-refractivity contribution in [2.75, 3.05) is 43.6 Å². The average molecular weight is 502 g/mol. The van der Waals surface area contributed by atoms with E-state index in [1.165, 1.54) is 12.3 Å². The predicted octanol–water partition coefficient (Wildman–Crippen LogP) is 2.68. The molecule has 6 rings (SSSR count). The highest BCUT2D eigenvalue weighted by Gasteiger charge is 2.59. The number of halogens is 3. The van der Waals surface area contributed by atoms with Gasteiger partial charge in [-0.2, -0.15) is 13.2 Å². The molecule has 1 saturated carbocycles. The maximum atomic E-state index is 13.1. The molecule has 2 aromatic rings. The van der Waals surface area contributed by atoms with Gasteiger partial charge in [0.2, 0.25) is 5.88 Å². The van der Waals surface area contributed by atoms with E-state index in [0.717, 1.165) is 11.4 Å². The summed E-state index contributed by atoms with van der Waals surface area (Å²) >= 11 is 0. The molecule has 1 aromatic heterocycles. The summed E-state index contributed by atoms with van der Waals surface area (Å²) in [6.07, 6.45) is -3.18. The van der Waals surface area contributed by atoms with E-state index in [4.69, 9.17) is 4.74 Å². The number of hydrazine groups is 2. The number of alkyl halides is 3. The number of likely N-dealkylation sites (tertiary alicyclic amines) is 2. The van der Waals surface area contributed by atoms with Crippen LogP contribution in [-0.2, 0) is 0 Å². The number of pyridine rings is 1. The number of hydrogen-bond donors (Lipinski definition) is 3. The number of aromatic nitrogens is 1. The third-order valence-corrected chi connectivity index (χ3v) is 7.81. The molecule has 1 aliphatic carbocycles. The van der Waals surface area contributed by atoms with Crippen molar-refractivity contribution in [1.29, 1.82) is 0 Å². The lowest BCUT2D eigenvalue weighted by Crippen LogP contribution is -2.44. The van der Waals surface area contributed by atoms with Gasteiger partial charge in [0.05, 0.1) is 16.9 Å². The number of rotatable bonds is 4. The maximum absolute atomic E-state index is 13.1. The van der Waals surface area contributed by atoms with Crippen molar-refractivity contribution in [2.45, 2.75) is 13.1 Å². The zero-order chi connectivity index (χ0) is 25.2. The second-order valence-electron chi connectivity index (χ2n) is 9.96. The molecule has 4 atom stereocenters. The van der Waals surface area contributed by atoms with Gasteiger partial charge in [0.1, 0.15) is 0 Å². The number of nitrogens with one attached hydrogen (secondary N) is 3. The average Bonchev–Trinajstić information content (AvgIpc) is 3.55. The summed E-state index contributed by atoms with van der Waals surface area (Å²) < 4.78 is 42.0. The molecule has 36 heavy (non-hydrogen) atoms. The lowest BCUT2D eigenvalue weighted by molar-refractivity contribution is -0.154. The first-order chi connectivity index (χ1) is 17.2. The molecule has 3 aliphatic heterocycles. The summed E-state index contributed by atoms with van der Waals surface area (Å²) in [5.41, 5.74) is 11.8. The molecule has 12 heteroatoms. The van der Waals surface area contributed by atoms with Crippen molar-refractivity contribution in [1.82, 2.24) is 20.3 Å². The van der Waals surface area contributed by atoms with Crippen LogP contribution in [0.5, 0.6) is 5.88 Å². The van der Waals surface area contributed by atoms with E-state index >= 15 is 0 Å². The number of carbonyl (C=O) groups excluding carboxylic acids is 2. The number of ether oxygens (including phenoxy) is 1. The Morgan fingerprint density at radius 3 is 2.11 bits per heavy atom. The molecular formula is C24H25F3N6O3. The molecule has 3 N–H and O–H groups in total. The van der Waals surface area contributed by atoms with Crippen LogP contribution in [0.25, 0.3) is 0 Å². The van der Waals surface area contributed by atoms with Gasteiger partial charge in [-0.1, -0.05) is 0 Å². The zero-order valence-electron chi connectivity index (χ0n) is 19.4. The van der Waals surface area contributed by atoms with Crippen LogP contribution in [0, 0.1) is 30.6 Å². The van der Waals surface area contributed by atoms with Crippen molar-refractivity contribution in [2.24, 2.45) is 23.7 Å². The Morgan fingerprint density at radius 1 is 0.944 bits per heavy atom. The summed E-state index contributed by atoms with van der Waals surface area (Å²) in [7, 11) is 0. The van der Waals surface area contributed by atoms with Gasteiger partial charge < -0.3 is 25.4 Å². The van der Waals surface area contributed by atoms with E-state index in [2.05, 4.69) is 21.4 Å². The van der Waals surface area contributed by atoms with Crippen molar-refractivity contribution in [3.63, 3.8) is 0 Å². The quantitative estimate of drug-likeness (QED) is 0.591. The van der Waals surface area contributed by atoms with E-state index in [1.54, 1.807) is 11.8 Å². The Labute approximate surface area is 204 Å². The largest absolute Gasteiger partial charge is 0.468 e. The minimum atomic E-state index is -4.46. The predicted molar refractivity (Wildman–Crippen MR) is 123 cm³/mol. The van der Waals surface area contributed by atoms with Crippen LogP contribution in [-0.4, -0.2) is 65.6 Å². The lowest BCUT2D eigenvalue weighted by Gasteiger charge is -2.42. The van der Waals surface area contributed by atoms with Gasteiger partial charge in [0, 0.05) is 43.5 Å². The molecule has 0 bridgehead atoms. The van der Waals surface area contributed by atoms with Gasteiger partial charge in [0.15, 0.2) is 6.61 Å². The molecule has 4 heterocycles. The third kappa shape index (κ3) is 3.89. The number of fused-ring (bicyclic) bond motifs is 5. The van der Waals surface area contributed by atoms with E-state index in [-0.39, 0.29) is 17.7 Å². The van der Waals surface area contributed by atoms with E-state index in [0.29, 0.717) is 66.5 Å². The highest BCUT2D eigenvalue weighted by atomic mass is 19.4. The lowest BCUT2D eigenvalue weighted by atomic mass is 9.60. The fourth-order valence-electron chi connectivity index (χ4n) is 6.11. The molecular weight excluding hydrogens is 477 g/mol. The van der Waals surface area contributed by atoms with Crippen LogP contribution in [0.3, 0.4) is 0 Å². The van der Waals surface area contributed by atoms with Gasteiger partial charge in [-0.25, -0.2) is 4.98 Å². The second-order valence-corrected chi connectivity index (χ2v) is 9.96. The standard InChI is InChI=1S/C24H25F3N6O3/c1-12-4-14(6-28-21(12)36-11-24(25,26)27)23(35)33-9-17-15-7-32(8-16(15)18(17)10-33)22(34)13-2-3-19-20(5-13)30-31-29-19/h2-6,15-18,29-31H,7-11H2,1H3/t15-,16+,17?,18?. The Morgan fingerprint density at radius 2 is 1.53 bits per heavy atom. The van der Waals surface area contributed by atoms with Crippen LogP contribution in [0.1, 0.15) is 26.3 Å².